The third-order valence-corrected chi connectivity index (χ3v) is 4.79. The van der Waals surface area contributed by atoms with Crippen LogP contribution in [-0.2, 0) is 0 Å². The molecule has 1 aromatic rings. The first-order valence-electron chi connectivity index (χ1n) is 6.88. The number of rotatable bonds is 7. The SMILES string of the molecule is CCOc1cc(Br)c(C(Br)CC2CC2)cc1OCC. The maximum Gasteiger partial charge on any atom is 0.162 e. The molecule has 0 aromatic heterocycles. The van der Waals surface area contributed by atoms with Crippen LogP contribution in [0.15, 0.2) is 16.6 Å². The van der Waals surface area contributed by atoms with Crippen LogP contribution in [0.5, 0.6) is 11.5 Å². The van der Waals surface area contributed by atoms with Crippen molar-refractivity contribution in [3.05, 3.63) is 22.2 Å². The summed E-state index contributed by atoms with van der Waals surface area (Å²) in [4.78, 5) is 0.379. The highest BCUT2D eigenvalue weighted by Crippen LogP contribution is 2.45. The van der Waals surface area contributed by atoms with Gasteiger partial charge in [-0.2, -0.15) is 0 Å². The molecule has 1 saturated carbocycles. The molecule has 1 unspecified atom stereocenters. The second-order valence-corrected chi connectivity index (χ2v) is 6.79. The first kappa shape index (κ1) is 15.2. The van der Waals surface area contributed by atoms with Gasteiger partial charge in [0.25, 0.3) is 0 Å². The van der Waals surface area contributed by atoms with Crippen LogP contribution < -0.4 is 9.47 Å². The average Bonchev–Trinajstić information content (AvgIpc) is 3.16. The highest BCUT2D eigenvalue weighted by Gasteiger charge is 2.26. The molecule has 2 rings (SSSR count). The first-order valence-corrected chi connectivity index (χ1v) is 8.59. The van der Waals surface area contributed by atoms with Gasteiger partial charge in [0, 0.05) is 9.30 Å². The van der Waals surface area contributed by atoms with Crippen molar-refractivity contribution < 1.29 is 9.47 Å². The molecule has 1 aromatic carbocycles. The van der Waals surface area contributed by atoms with Crippen molar-refractivity contribution in [2.24, 2.45) is 5.92 Å². The molecule has 2 nitrogen and oxygen atoms in total. The standard InChI is InChI=1S/C15H20Br2O2/c1-3-18-14-8-11(12(16)7-10-5-6-10)13(17)9-15(14)19-4-2/h8-10,12H,3-7H2,1-2H3. The predicted octanol–water partition coefficient (Wildman–Crippen LogP) is 5.48. The van der Waals surface area contributed by atoms with E-state index in [1.165, 1.54) is 24.8 Å². The lowest BCUT2D eigenvalue weighted by atomic mass is 10.1. The first-order chi connectivity index (χ1) is 9.15. The second kappa shape index (κ2) is 6.98. The van der Waals surface area contributed by atoms with Gasteiger partial charge in [0.15, 0.2) is 11.5 Å². The molecule has 19 heavy (non-hydrogen) atoms. The van der Waals surface area contributed by atoms with E-state index >= 15 is 0 Å². The van der Waals surface area contributed by atoms with E-state index in [0.717, 1.165) is 21.9 Å². The van der Waals surface area contributed by atoms with Gasteiger partial charge in [-0.3, -0.25) is 0 Å². The third kappa shape index (κ3) is 4.12. The van der Waals surface area contributed by atoms with Crippen LogP contribution in [0.2, 0.25) is 0 Å². The number of halogens is 2. The average molecular weight is 392 g/mol. The molecule has 0 spiro atoms. The molecule has 0 bridgehead atoms. The van der Waals surface area contributed by atoms with Gasteiger partial charge < -0.3 is 9.47 Å². The zero-order valence-corrected chi connectivity index (χ0v) is 14.6. The lowest BCUT2D eigenvalue weighted by molar-refractivity contribution is 0.287. The predicted molar refractivity (Wildman–Crippen MR) is 85.5 cm³/mol. The van der Waals surface area contributed by atoms with Crippen molar-refractivity contribution >= 4 is 31.9 Å². The van der Waals surface area contributed by atoms with Crippen molar-refractivity contribution in [1.29, 1.82) is 0 Å². The van der Waals surface area contributed by atoms with Crippen LogP contribution in [-0.4, -0.2) is 13.2 Å². The number of alkyl halides is 1. The smallest absolute Gasteiger partial charge is 0.162 e. The van der Waals surface area contributed by atoms with E-state index in [1.54, 1.807) is 0 Å². The molecule has 0 saturated heterocycles. The molecular formula is C15H20Br2O2. The van der Waals surface area contributed by atoms with E-state index in [9.17, 15) is 0 Å². The zero-order valence-electron chi connectivity index (χ0n) is 11.4. The summed E-state index contributed by atoms with van der Waals surface area (Å²) in [5.41, 5.74) is 1.25. The highest BCUT2D eigenvalue weighted by atomic mass is 79.9. The third-order valence-electron chi connectivity index (χ3n) is 3.24. The Hall–Kier alpha value is -0.220. The van der Waals surface area contributed by atoms with Crippen LogP contribution in [0.3, 0.4) is 0 Å². The molecule has 0 aliphatic heterocycles. The number of hydrogen-bond acceptors (Lipinski definition) is 2. The van der Waals surface area contributed by atoms with Crippen LogP contribution in [0.25, 0.3) is 0 Å². The second-order valence-electron chi connectivity index (χ2n) is 4.83. The van der Waals surface area contributed by atoms with Crippen molar-refractivity contribution in [1.82, 2.24) is 0 Å². The normalized spacial score (nSPS) is 16.2. The van der Waals surface area contributed by atoms with Gasteiger partial charge in [0.1, 0.15) is 0 Å². The Morgan fingerprint density at radius 2 is 1.74 bits per heavy atom. The van der Waals surface area contributed by atoms with Crippen molar-refractivity contribution in [2.45, 2.75) is 37.9 Å². The molecule has 4 heteroatoms. The number of benzene rings is 1. The Morgan fingerprint density at radius 1 is 1.16 bits per heavy atom. The quantitative estimate of drug-likeness (QED) is 0.572. The van der Waals surface area contributed by atoms with Gasteiger partial charge in [-0.05, 0) is 43.9 Å². The molecule has 1 fully saturated rings. The molecule has 0 amide bonds. The topological polar surface area (TPSA) is 18.5 Å². The van der Waals surface area contributed by atoms with Crippen LogP contribution in [0.1, 0.15) is 43.5 Å². The molecule has 0 radical (unpaired) electrons. The highest BCUT2D eigenvalue weighted by molar-refractivity contribution is 9.11. The van der Waals surface area contributed by atoms with Crippen LogP contribution >= 0.6 is 31.9 Å². The van der Waals surface area contributed by atoms with E-state index < -0.39 is 0 Å². The van der Waals surface area contributed by atoms with Crippen molar-refractivity contribution in [2.75, 3.05) is 13.2 Å². The summed E-state index contributed by atoms with van der Waals surface area (Å²) in [6, 6.07) is 4.12. The van der Waals surface area contributed by atoms with Gasteiger partial charge in [-0.1, -0.05) is 44.7 Å². The van der Waals surface area contributed by atoms with Gasteiger partial charge >= 0.3 is 0 Å². The Bertz CT molecular complexity index is 430. The van der Waals surface area contributed by atoms with Crippen molar-refractivity contribution in [3.63, 3.8) is 0 Å². The minimum Gasteiger partial charge on any atom is -0.490 e. The molecule has 1 atom stereocenters. The summed E-state index contributed by atoms with van der Waals surface area (Å²) in [6.07, 6.45) is 3.93. The van der Waals surface area contributed by atoms with E-state index in [2.05, 4.69) is 37.9 Å². The Kier molecular flexibility index (Phi) is 5.58. The fourth-order valence-electron chi connectivity index (χ4n) is 2.10. The van der Waals surface area contributed by atoms with E-state index in [4.69, 9.17) is 9.47 Å². The Balaban J connectivity index is 2.23. The van der Waals surface area contributed by atoms with E-state index in [0.29, 0.717) is 18.0 Å². The molecule has 1 aliphatic carbocycles. The van der Waals surface area contributed by atoms with E-state index in [-0.39, 0.29) is 0 Å². The summed E-state index contributed by atoms with van der Waals surface area (Å²) >= 11 is 7.45. The molecule has 0 N–H and O–H groups in total. The summed E-state index contributed by atoms with van der Waals surface area (Å²) in [5.74, 6) is 2.53. The van der Waals surface area contributed by atoms with E-state index in [1.807, 2.05) is 19.9 Å². The van der Waals surface area contributed by atoms with Crippen LogP contribution in [0.4, 0.5) is 0 Å². The summed E-state index contributed by atoms with van der Waals surface area (Å²) < 4.78 is 12.4. The lowest BCUT2D eigenvalue weighted by Gasteiger charge is -2.17. The summed E-state index contributed by atoms with van der Waals surface area (Å²) in [5, 5.41) is 0. The molecular weight excluding hydrogens is 372 g/mol. The number of hydrogen-bond donors (Lipinski definition) is 0. The number of ether oxygens (including phenoxy) is 2. The minimum absolute atomic E-state index is 0.379. The van der Waals surface area contributed by atoms with Gasteiger partial charge in [0.2, 0.25) is 0 Å². The van der Waals surface area contributed by atoms with Gasteiger partial charge in [-0.25, -0.2) is 0 Å². The van der Waals surface area contributed by atoms with Crippen LogP contribution in [0, 0.1) is 5.92 Å². The molecule has 106 valence electrons. The van der Waals surface area contributed by atoms with Gasteiger partial charge in [-0.15, -0.1) is 0 Å². The fraction of sp³-hybridized carbons (Fsp3) is 0.600. The monoisotopic (exact) mass is 390 g/mol. The van der Waals surface area contributed by atoms with Crippen molar-refractivity contribution in [3.8, 4) is 11.5 Å². The maximum absolute atomic E-state index is 5.69. The lowest BCUT2D eigenvalue weighted by Crippen LogP contribution is -2.01. The maximum atomic E-state index is 5.69. The summed E-state index contributed by atoms with van der Waals surface area (Å²) in [6.45, 7) is 5.27. The summed E-state index contributed by atoms with van der Waals surface area (Å²) in [7, 11) is 0. The minimum atomic E-state index is 0.379. The zero-order chi connectivity index (χ0) is 13.8. The fourth-order valence-corrected chi connectivity index (χ4v) is 3.91. The largest absolute Gasteiger partial charge is 0.490 e. The Morgan fingerprint density at radius 3 is 2.26 bits per heavy atom. The Labute approximate surface area is 132 Å². The van der Waals surface area contributed by atoms with Gasteiger partial charge in [0.05, 0.1) is 13.2 Å². The molecule has 1 aliphatic rings. The molecule has 0 heterocycles.